The van der Waals surface area contributed by atoms with Gasteiger partial charge in [-0.3, -0.25) is 19.9 Å². The van der Waals surface area contributed by atoms with Crippen LogP contribution in [0.2, 0.25) is 0 Å². The normalized spacial score (nSPS) is 11.6. The lowest BCUT2D eigenvalue weighted by atomic mass is 10.1. The van der Waals surface area contributed by atoms with Gasteiger partial charge in [0, 0.05) is 36.8 Å². The Labute approximate surface area is 196 Å². The van der Waals surface area contributed by atoms with E-state index in [0.717, 1.165) is 16.9 Å². The Bertz CT molecular complexity index is 1260. The maximum atomic E-state index is 12.6. The molecule has 0 spiro atoms. The molecule has 0 saturated heterocycles. The average molecular weight is 457 g/mol. The van der Waals surface area contributed by atoms with Gasteiger partial charge in [-0.05, 0) is 61.4 Å². The molecule has 9 nitrogen and oxygen atoms in total. The van der Waals surface area contributed by atoms with Gasteiger partial charge >= 0.3 is 0 Å². The molecular weight excluding hydrogens is 432 g/mol. The summed E-state index contributed by atoms with van der Waals surface area (Å²) in [5.41, 5.74) is 3.18. The van der Waals surface area contributed by atoms with Crippen LogP contribution in [-0.2, 0) is 6.42 Å². The van der Waals surface area contributed by atoms with Gasteiger partial charge in [0.05, 0.1) is 22.3 Å². The van der Waals surface area contributed by atoms with E-state index < -0.39 is 4.92 Å². The number of amides is 1. The van der Waals surface area contributed by atoms with Gasteiger partial charge < -0.3 is 10.6 Å². The molecule has 4 aromatic rings. The number of carbonyl (C=O) groups excluding carboxylic acids is 1. The summed E-state index contributed by atoms with van der Waals surface area (Å²) in [6, 6.07) is 19.5. The summed E-state index contributed by atoms with van der Waals surface area (Å²) in [7, 11) is 0. The van der Waals surface area contributed by atoms with Crippen LogP contribution in [0.25, 0.3) is 5.69 Å². The number of pyridine rings is 1. The first-order valence-electron chi connectivity index (χ1n) is 10.8. The summed E-state index contributed by atoms with van der Waals surface area (Å²) >= 11 is 0. The second kappa shape index (κ2) is 10.4. The van der Waals surface area contributed by atoms with Crippen molar-refractivity contribution >= 4 is 17.3 Å². The molecule has 1 amide bonds. The van der Waals surface area contributed by atoms with Crippen molar-refractivity contribution in [2.75, 3.05) is 11.9 Å². The first-order valence-corrected chi connectivity index (χ1v) is 10.8. The molecule has 172 valence electrons. The number of carbonyl (C=O) groups is 1. The van der Waals surface area contributed by atoms with Crippen molar-refractivity contribution in [1.82, 2.24) is 20.1 Å². The van der Waals surface area contributed by atoms with Gasteiger partial charge in [-0.15, -0.1) is 0 Å². The average Bonchev–Trinajstić information content (AvgIpc) is 3.40. The van der Waals surface area contributed by atoms with E-state index >= 15 is 0 Å². The molecule has 2 aromatic heterocycles. The molecule has 0 aliphatic carbocycles. The number of benzene rings is 2. The predicted molar refractivity (Wildman–Crippen MR) is 129 cm³/mol. The van der Waals surface area contributed by atoms with Crippen LogP contribution in [0.4, 0.5) is 11.4 Å². The van der Waals surface area contributed by atoms with Crippen LogP contribution in [0.3, 0.4) is 0 Å². The summed E-state index contributed by atoms with van der Waals surface area (Å²) in [6.45, 7) is 2.28. The highest BCUT2D eigenvalue weighted by atomic mass is 16.6. The predicted octanol–water partition coefficient (Wildman–Crippen LogP) is 4.32. The molecule has 9 heteroatoms. The van der Waals surface area contributed by atoms with Gasteiger partial charge in [0.1, 0.15) is 5.69 Å². The highest BCUT2D eigenvalue weighted by Gasteiger charge is 2.19. The van der Waals surface area contributed by atoms with E-state index in [1.807, 2.05) is 61.7 Å². The van der Waals surface area contributed by atoms with E-state index in [2.05, 4.69) is 20.7 Å². The third kappa shape index (κ3) is 5.44. The lowest BCUT2D eigenvalue weighted by molar-refractivity contribution is -0.384. The summed E-state index contributed by atoms with van der Waals surface area (Å²) < 4.78 is 1.77. The number of nitrogens with zero attached hydrogens (tertiary/aromatic N) is 4. The fraction of sp³-hybridized carbons (Fsp3) is 0.160. The van der Waals surface area contributed by atoms with E-state index in [1.54, 1.807) is 29.2 Å². The Hall–Kier alpha value is -4.53. The number of anilines is 1. The molecule has 4 rings (SSSR count). The monoisotopic (exact) mass is 456 g/mol. The van der Waals surface area contributed by atoms with Crippen molar-refractivity contribution < 1.29 is 9.72 Å². The maximum absolute atomic E-state index is 12.6. The first kappa shape index (κ1) is 22.7. The van der Waals surface area contributed by atoms with Gasteiger partial charge in [0.2, 0.25) is 0 Å². The fourth-order valence-corrected chi connectivity index (χ4v) is 3.54. The van der Waals surface area contributed by atoms with Crippen LogP contribution < -0.4 is 10.6 Å². The highest BCUT2D eigenvalue weighted by molar-refractivity contribution is 5.95. The van der Waals surface area contributed by atoms with Crippen molar-refractivity contribution in [3.05, 3.63) is 112 Å². The quantitative estimate of drug-likeness (QED) is 0.286. The van der Waals surface area contributed by atoms with Gasteiger partial charge in [-0.25, -0.2) is 4.68 Å². The van der Waals surface area contributed by atoms with Crippen molar-refractivity contribution in [2.24, 2.45) is 0 Å². The largest absolute Gasteiger partial charge is 0.371 e. The van der Waals surface area contributed by atoms with E-state index in [0.29, 0.717) is 18.7 Å². The second-order valence-corrected chi connectivity index (χ2v) is 7.73. The van der Waals surface area contributed by atoms with Crippen LogP contribution in [0.5, 0.6) is 0 Å². The highest BCUT2D eigenvalue weighted by Crippen LogP contribution is 2.29. The number of hydrogen-bond acceptors (Lipinski definition) is 6. The summed E-state index contributed by atoms with van der Waals surface area (Å²) in [5.74, 6) is -0.361. The van der Waals surface area contributed by atoms with Crippen LogP contribution >= 0.6 is 0 Å². The Morgan fingerprint density at radius 2 is 1.91 bits per heavy atom. The summed E-state index contributed by atoms with van der Waals surface area (Å²) in [6.07, 6.45) is 5.89. The topological polar surface area (TPSA) is 115 Å². The van der Waals surface area contributed by atoms with E-state index in [1.165, 1.54) is 6.07 Å². The fourth-order valence-electron chi connectivity index (χ4n) is 3.54. The molecule has 0 fully saturated rings. The second-order valence-electron chi connectivity index (χ2n) is 7.73. The van der Waals surface area contributed by atoms with Gasteiger partial charge in [-0.2, -0.15) is 5.10 Å². The Morgan fingerprint density at radius 3 is 2.59 bits per heavy atom. The van der Waals surface area contributed by atoms with Crippen LogP contribution in [0, 0.1) is 10.1 Å². The van der Waals surface area contributed by atoms with Crippen molar-refractivity contribution in [2.45, 2.75) is 19.4 Å². The van der Waals surface area contributed by atoms with Crippen molar-refractivity contribution in [3.63, 3.8) is 0 Å². The number of rotatable bonds is 9. The molecule has 0 aliphatic rings. The molecule has 2 N–H and O–H groups in total. The summed E-state index contributed by atoms with van der Waals surface area (Å²) in [4.78, 5) is 28.0. The molecule has 0 saturated carbocycles. The zero-order valence-corrected chi connectivity index (χ0v) is 18.6. The number of aromatic nitrogens is 3. The van der Waals surface area contributed by atoms with E-state index in [4.69, 9.17) is 0 Å². The lowest BCUT2D eigenvalue weighted by Gasteiger charge is -2.15. The minimum absolute atomic E-state index is 0.162. The third-order valence-electron chi connectivity index (χ3n) is 5.36. The van der Waals surface area contributed by atoms with Gasteiger partial charge in [-0.1, -0.05) is 18.2 Å². The summed E-state index contributed by atoms with van der Waals surface area (Å²) in [5, 5.41) is 21.8. The molecular formula is C25H24N6O3. The number of hydrogen-bond donors (Lipinski definition) is 2. The van der Waals surface area contributed by atoms with E-state index in [9.17, 15) is 14.9 Å². The smallest absolute Gasteiger partial charge is 0.293 e. The zero-order valence-electron chi connectivity index (χ0n) is 18.6. The molecule has 1 atom stereocenters. The maximum Gasteiger partial charge on any atom is 0.293 e. The molecule has 34 heavy (non-hydrogen) atoms. The van der Waals surface area contributed by atoms with Crippen LogP contribution in [0.15, 0.2) is 85.3 Å². The minimum atomic E-state index is -0.495. The molecule has 2 aromatic carbocycles. The third-order valence-corrected chi connectivity index (χ3v) is 5.36. The molecule has 1 unspecified atom stereocenters. The number of nitrogens with one attached hydrogen (secondary N) is 2. The lowest BCUT2D eigenvalue weighted by Crippen LogP contribution is -2.25. The molecule has 2 heterocycles. The van der Waals surface area contributed by atoms with Gasteiger partial charge in [0.25, 0.3) is 11.6 Å². The standard InChI is InChI=1S/C25H24N6O3/c1-18(22-5-2-3-13-26-22)29-23-11-8-20(17-24(23)31(33)34)25(32)27-15-12-19-6-9-21(10-7-19)30-16-4-14-28-30/h2-11,13-14,16-18,29H,12,15H2,1H3,(H,27,32). The first-order chi connectivity index (χ1) is 16.5. The SMILES string of the molecule is CC(Nc1ccc(C(=O)NCCc2ccc(-n3cccn3)cc2)cc1[N+](=O)[O-])c1ccccn1. The number of nitro groups is 1. The molecule has 0 aliphatic heterocycles. The Kier molecular flexibility index (Phi) is 6.92. The van der Waals surface area contributed by atoms with Gasteiger partial charge in [0.15, 0.2) is 0 Å². The van der Waals surface area contributed by atoms with Crippen molar-refractivity contribution in [3.8, 4) is 5.69 Å². The Balaban J connectivity index is 1.37. The molecule has 0 radical (unpaired) electrons. The zero-order chi connectivity index (χ0) is 23.9. The van der Waals surface area contributed by atoms with Crippen LogP contribution in [0.1, 0.15) is 34.6 Å². The van der Waals surface area contributed by atoms with E-state index in [-0.39, 0.29) is 23.2 Å². The van der Waals surface area contributed by atoms with Crippen molar-refractivity contribution in [1.29, 1.82) is 0 Å². The molecule has 0 bridgehead atoms. The Morgan fingerprint density at radius 1 is 1.09 bits per heavy atom. The number of nitro benzene ring substituents is 1. The minimum Gasteiger partial charge on any atom is -0.371 e. The van der Waals surface area contributed by atoms with Crippen LogP contribution in [-0.4, -0.2) is 32.1 Å².